The highest BCUT2D eigenvalue weighted by molar-refractivity contribution is 5.92. The molecule has 0 aliphatic heterocycles. The number of anilines is 1. The number of hydrogen-bond acceptors (Lipinski definition) is 5. The first-order valence-electron chi connectivity index (χ1n) is 3.74. The van der Waals surface area contributed by atoms with E-state index in [1.807, 2.05) is 0 Å². The van der Waals surface area contributed by atoms with Crippen LogP contribution >= 0.6 is 0 Å². The summed E-state index contributed by atoms with van der Waals surface area (Å²) in [6.45, 7) is 1.59. The molecule has 6 heteroatoms. The van der Waals surface area contributed by atoms with Gasteiger partial charge in [0.1, 0.15) is 0 Å². The molecule has 0 fully saturated rings. The summed E-state index contributed by atoms with van der Waals surface area (Å²) in [5.41, 5.74) is 6.47. The summed E-state index contributed by atoms with van der Waals surface area (Å²) in [6.07, 6.45) is 0. The minimum Gasteiger partial charge on any atom is -0.398 e. The fraction of sp³-hybridized carbons (Fsp3) is 0.125. The van der Waals surface area contributed by atoms with Crippen LogP contribution in [0.5, 0.6) is 0 Å². The Kier molecular flexibility index (Phi) is 2.66. The van der Waals surface area contributed by atoms with E-state index in [-0.39, 0.29) is 5.56 Å². The molecule has 0 spiro atoms. The van der Waals surface area contributed by atoms with Gasteiger partial charge in [-0.25, -0.2) is 4.84 Å². The first-order chi connectivity index (χ1) is 6.52. The van der Waals surface area contributed by atoms with Crippen LogP contribution in [-0.2, 0) is 4.84 Å². The summed E-state index contributed by atoms with van der Waals surface area (Å²) < 4.78 is 0. The van der Waals surface area contributed by atoms with Crippen LogP contribution in [0.1, 0.15) is 15.9 Å². The highest BCUT2D eigenvalue weighted by atomic mass is 17.0. The fourth-order valence-corrected chi connectivity index (χ4v) is 0.992. The molecule has 1 aromatic carbocycles. The van der Waals surface area contributed by atoms with E-state index in [0.29, 0.717) is 11.3 Å². The monoisotopic (exact) mass is 196 g/mol. The second-order valence-electron chi connectivity index (χ2n) is 2.62. The molecule has 0 radical (unpaired) electrons. The first kappa shape index (κ1) is 9.97. The molecule has 0 bridgehead atoms. The minimum absolute atomic E-state index is 0.0988. The Labute approximate surface area is 79.4 Å². The van der Waals surface area contributed by atoms with Gasteiger partial charge in [0.15, 0.2) is 0 Å². The molecule has 0 aliphatic carbocycles. The van der Waals surface area contributed by atoms with Crippen molar-refractivity contribution in [1.29, 1.82) is 0 Å². The van der Waals surface area contributed by atoms with Gasteiger partial charge in [-0.3, -0.25) is 4.79 Å². The van der Waals surface area contributed by atoms with Crippen LogP contribution in [0.25, 0.3) is 0 Å². The van der Waals surface area contributed by atoms with Crippen LogP contribution in [0.15, 0.2) is 18.2 Å². The van der Waals surface area contributed by atoms with Crippen LogP contribution < -0.4 is 5.73 Å². The van der Waals surface area contributed by atoms with Crippen LogP contribution in [0, 0.1) is 17.0 Å². The van der Waals surface area contributed by atoms with Crippen molar-refractivity contribution in [3.05, 3.63) is 39.4 Å². The van der Waals surface area contributed by atoms with Gasteiger partial charge in [-0.15, -0.1) is 10.1 Å². The molecular formula is C8H8N2O4. The Morgan fingerprint density at radius 2 is 2.21 bits per heavy atom. The Balaban J connectivity index is 3.01. The van der Waals surface area contributed by atoms with E-state index in [0.717, 1.165) is 0 Å². The molecule has 0 heterocycles. The Morgan fingerprint density at radius 1 is 1.57 bits per heavy atom. The van der Waals surface area contributed by atoms with Gasteiger partial charge < -0.3 is 5.73 Å². The number of hydrogen-bond donors (Lipinski definition) is 1. The molecule has 1 aromatic rings. The number of nitrogen functional groups attached to an aromatic ring is 1. The van der Waals surface area contributed by atoms with Crippen molar-refractivity contribution in [2.24, 2.45) is 0 Å². The zero-order valence-corrected chi connectivity index (χ0v) is 7.39. The number of carbonyl (C=O) groups excluding carboxylic acids is 1. The van der Waals surface area contributed by atoms with E-state index in [1.165, 1.54) is 12.1 Å². The second kappa shape index (κ2) is 3.73. The standard InChI is InChI=1S/C8H8N2O4/c1-5-6(3-2-4-7(5)9)8(11)14-10(12)13/h2-4H,9H2,1H3. The maximum Gasteiger partial charge on any atom is 0.334 e. The molecule has 2 N–H and O–H groups in total. The van der Waals surface area contributed by atoms with E-state index >= 15 is 0 Å². The highest BCUT2D eigenvalue weighted by Gasteiger charge is 2.14. The fourth-order valence-electron chi connectivity index (χ4n) is 0.992. The Bertz CT molecular complexity index is 389. The van der Waals surface area contributed by atoms with E-state index in [9.17, 15) is 14.9 Å². The van der Waals surface area contributed by atoms with Crippen molar-refractivity contribution >= 4 is 11.7 Å². The van der Waals surface area contributed by atoms with Crippen molar-refractivity contribution in [3.63, 3.8) is 0 Å². The lowest BCUT2D eigenvalue weighted by atomic mass is 10.1. The van der Waals surface area contributed by atoms with Gasteiger partial charge in [0.2, 0.25) is 0 Å². The molecule has 14 heavy (non-hydrogen) atoms. The SMILES string of the molecule is Cc1c(N)cccc1C(=O)O[N+](=O)[O-]. The molecule has 74 valence electrons. The van der Waals surface area contributed by atoms with Gasteiger partial charge in [-0.2, -0.15) is 0 Å². The van der Waals surface area contributed by atoms with Crippen LogP contribution in [0.4, 0.5) is 5.69 Å². The molecule has 0 unspecified atom stereocenters. The zero-order valence-electron chi connectivity index (χ0n) is 7.39. The van der Waals surface area contributed by atoms with Gasteiger partial charge in [-0.1, -0.05) is 6.07 Å². The zero-order chi connectivity index (χ0) is 10.7. The number of carbonyl (C=O) groups is 1. The molecule has 0 saturated carbocycles. The van der Waals surface area contributed by atoms with Crippen molar-refractivity contribution < 1.29 is 14.7 Å². The smallest absolute Gasteiger partial charge is 0.334 e. The third kappa shape index (κ3) is 1.98. The van der Waals surface area contributed by atoms with Crippen LogP contribution in [0.3, 0.4) is 0 Å². The average Bonchev–Trinajstić information content (AvgIpc) is 2.08. The van der Waals surface area contributed by atoms with Crippen molar-refractivity contribution in [2.75, 3.05) is 5.73 Å². The predicted molar refractivity (Wildman–Crippen MR) is 48.0 cm³/mol. The van der Waals surface area contributed by atoms with Gasteiger partial charge in [-0.05, 0) is 24.6 Å². The van der Waals surface area contributed by atoms with E-state index < -0.39 is 11.1 Å². The lowest BCUT2D eigenvalue weighted by Crippen LogP contribution is -2.12. The lowest BCUT2D eigenvalue weighted by Gasteiger charge is -2.04. The number of nitrogens with two attached hydrogens (primary N) is 1. The summed E-state index contributed by atoms with van der Waals surface area (Å²) in [7, 11) is 0. The third-order valence-electron chi connectivity index (χ3n) is 1.75. The van der Waals surface area contributed by atoms with Gasteiger partial charge >= 0.3 is 11.1 Å². The summed E-state index contributed by atoms with van der Waals surface area (Å²) in [5.74, 6) is -1.01. The maximum absolute atomic E-state index is 11.1. The Morgan fingerprint density at radius 3 is 2.79 bits per heavy atom. The van der Waals surface area contributed by atoms with Crippen molar-refractivity contribution in [1.82, 2.24) is 0 Å². The maximum atomic E-state index is 11.1. The lowest BCUT2D eigenvalue weighted by molar-refractivity contribution is -0.727. The van der Waals surface area contributed by atoms with E-state index in [4.69, 9.17) is 5.73 Å². The van der Waals surface area contributed by atoms with Crippen LogP contribution in [0.2, 0.25) is 0 Å². The third-order valence-corrected chi connectivity index (χ3v) is 1.75. The normalized spacial score (nSPS) is 9.50. The topological polar surface area (TPSA) is 95.5 Å². The predicted octanol–water partition coefficient (Wildman–Crippen LogP) is 0.926. The first-order valence-corrected chi connectivity index (χ1v) is 3.74. The molecule has 0 amide bonds. The van der Waals surface area contributed by atoms with Crippen LogP contribution in [-0.4, -0.2) is 11.1 Å². The molecule has 0 saturated heterocycles. The summed E-state index contributed by atoms with van der Waals surface area (Å²) >= 11 is 0. The molecular weight excluding hydrogens is 188 g/mol. The number of nitrogens with zero attached hydrogens (tertiary/aromatic N) is 1. The largest absolute Gasteiger partial charge is 0.398 e. The number of rotatable bonds is 2. The summed E-state index contributed by atoms with van der Waals surface area (Å²) in [4.78, 5) is 24.8. The van der Waals surface area contributed by atoms with E-state index in [1.54, 1.807) is 13.0 Å². The van der Waals surface area contributed by atoms with Gasteiger partial charge in [0.05, 0.1) is 5.56 Å². The highest BCUT2D eigenvalue weighted by Crippen LogP contribution is 2.16. The molecule has 0 aromatic heterocycles. The summed E-state index contributed by atoms with van der Waals surface area (Å²) in [6, 6.07) is 4.54. The number of benzene rings is 1. The average molecular weight is 196 g/mol. The molecule has 0 atom stereocenters. The van der Waals surface area contributed by atoms with Gasteiger partial charge in [0.25, 0.3) is 0 Å². The van der Waals surface area contributed by atoms with Crippen molar-refractivity contribution in [2.45, 2.75) is 6.92 Å². The van der Waals surface area contributed by atoms with Crippen molar-refractivity contribution in [3.8, 4) is 0 Å². The molecule has 1 rings (SSSR count). The molecule has 0 aliphatic rings. The van der Waals surface area contributed by atoms with Gasteiger partial charge in [0, 0.05) is 5.69 Å². The summed E-state index contributed by atoms with van der Waals surface area (Å²) in [5, 5.41) is 8.76. The quantitative estimate of drug-likeness (QED) is 0.431. The Hall–Kier alpha value is -2.11. The van der Waals surface area contributed by atoms with E-state index in [2.05, 4.69) is 4.84 Å². The molecule has 6 nitrogen and oxygen atoms in total. The minimum atomic E-state index is -1.15. The second-order valence-corrected chi connectivity index (χ2v) is 2.62.